The lowest BCUT2D eigenvalue weighted by atomic mass is 9.79. The molecule has 3 aliphatic rings. The second-order valence-corrected chi connectivity index (χ2v) is 6.75. The zero-order valence-electron chi connectivity index (χ0n) is 12.0. The van der Waals surface area contributed by atoms with Gasteiger partial charge in [-0.25, -0.2) is 4.98 Å². The van der Waals surface area contributed by atoms with Gasteiger partial charge in [-0.1, -0.05) is 12.1 Å². The van der Waals surface area contributed by atoms with E-state index in [1.54, 1.807) is 12.1 Å². The summed E-state index contributed by atoms with van der Waals surface area (Å²) < 4.78 is 0. The third-order valence-electron chi connectivity index (χ3n) is 4.66. The van der Waals surface area contributed by atoms with Crippen molar-refractivity contribution in [2.75, 3.05) is 4.90 Å². The van der Waals surface area contributed by atoms with Crippen LogP contribution >= 0.6 is 11.3 Å². The van der Waals surface area contributed by atoms with Crippen molar-refractivity contribution in [3.63, 3.8) is 0 Å². The van der Waals surface area contributed by atoms with Crippen LogP contribution in [0.4, 0.5) is 5.13 Å². The molecule has 2 aliphatic heterocycles. The number of anilines is 1. The summed E-state index contributed by atoms with van der Waals surface area (Å²) in [6.07, 6.45) is 4.27. The summed E-state index contributed by atoms with van der Waals surface area (Å²) in [6, 6.07) is 9.84. The second-order valence-electron chi connectivity index (χ2n) is 5.92. The predicted octanol–water partition coefficient (Wildman–Crippen LogP) is 3.59. The third-order valence-corrected chi connectivity index (χ3v) is 5.50. The Morgan fingerprint density at radius 2 is 1.91 bits per heavy atom. The maximum Gasteiger partial charge on any atom is 0.232 e. The van der Waals surface area contributed by atoms with E-state index in [9.17, 15) is 4.79 Å². The molecule has 110 valence electrons. The van der Waals surface area contributed by atoms with Crippen molar-refractivity contribution >= 4 is 22.4 Å². The molecule has 2 bridgehead atoms. The smallest absolute Gasteiger partial charge is 0.232 e. The van der Waals surface area contributed by atoms with Crippen LogP contribution in [0.3, 0.4) is 0 Å². The summed E-state index contributed by atoms with van der Waals surface area (Å²) in [5, 5.41) is 11.7. The highest BCUT2D eigenvalue weighted by molar-refractivity contribution is 7.14. The van der Waals surface area contributed by atoms with Gasteiger partial charge in [0.15, 0.2) is 5.13 Å². The van der Waals surface area contributed by atoms with Crippen molar-refractivity contribution in [3.05, 3.63) is 35.2 Å². The lowest BCUT2D eigenvalue weighted by molar-refractivity contribution is -0.126. The monoisotopic (exact) mass is 309 g/mol. The highest BCUT2D eigenvalue weighted by Crippen LogP contribution is 2.40. The molecule has 0 unspecified atom stereocenters. The van der Waals surface area contributed by atoms with E-state index in [1.807, 2.05) is 22.4 Å². The number of nitriles is 1. The fraction of sp³-hybridized carbons (Fsp3) is 0.353. The Morgan fingerprint density at radius 3 is 2.55 bits per heavy atom. The van der Waals surface area contributed by atoms with Gasteiger partial charge in [-0.05, 0) is 37.8 Å². The van der Waals surface area contributed by atoms with E-state index in [-0.39, 0.29) is 11.8 Å². The normalized spacial score (nSPS) is 23.6. The van der Waals surface area contributed by atoms with Crippen molar-refractivity contribution in [2.45, 2.75) is 31.7 Å². The molecule has 2 aromatic rings. The number of hydrogen-bond acceptors (Lipinski definition) is 4. The van der Waals surface area contributed by atoms with E-state index in [2.05, 4.69) is 11.1 Å². The molecule has 22 heavy (non-hydrogen) atoms. The zero-order valence-corrected chi connectivity index (χ0v) is 12.8. The number of amides is 1. The number of benzene rings is 1. The lowest BCUT2D eigenvalue weighted by Gasteiger charge is -2.43. The summed E-state index contributed by atoms with van der Waals surface area (Å²) in [7, 11) is 0. The van der Waals surface area contributed by atoms with Crippen LogP contribution in [0.1, 0.15) is 31.2 Å². The minimum Gasteiger partial charge on any atom is -0.285 e. The Labute approximate surface area is 133 Å². The number of carbonyl (C=O) groups excluding carboxylic acids is 1. The first-order chi connectivity index (χ1) is 10.8. The molecule has 0 atom stereocenters. The van der Waals surface area contributed by atoms with Gasteiger partial charge >= 0.3 is 0 Å². The molecule has 1 aromatic carbocycles. The molecule has 1 amide bonds. The molecule has 0 spiro atoms. The molecule has 1 aromatic heterocycles. The number of thiazole rings is 1. The van der Waals surface area contributed by atoms with E-state index >= 15 is 0 Å². The number of hydrogen-bond donors (Lipinski definition) is 0. The van der Waals surface area contributed by atoms with Gasteiger partial charge in [-0.15, -0.1) is 11.3 Å². The molecule has 1 aliphatic carbocycles. The maximum absolute atomic E-state index is 12.5. The number of rotatable bonds is 2. The van der Waals surface area contributed by atoms with Gasteiger partial charge in [0, 0.05) is 22.9 Å². The highest BCUT2D eigenvalue weighted by atomic mass is 32.1. The molecule has 2 saturated heterocycles. The molecule has 1 saturated carbocycles. The van der Waals surface area contributed by atoms with Gasteiger partial charge in [0.1, 0.15) is 0 Å². The van der Waals surface area contributed by atoms with Crippen LogP contribution in [0, 0.1) is 17.2 Å². The molecule has 5 rings (SSSR count). The molecule has 4 nitrogen and oxygen atoms in total. The number of nitrogens with zero attached hydrogens (tertiary/aromatic N) is 3. The number of piperidine rings is 2. The summed E-state index contributed by atoms with van der Waals surface area (Å²) in [4.78, 5) is 19.1. The van der Waals surface area contributed by atoms with Crippen LogP contribution < -0.4 is 4.90 Å². The van der Waals surface area contributed by atoms with E-state index in [4.69, 9.17) is 5.26 Å². The minimum absolute atomic E-state index is 0.201. The average Bonchev–Trinajstić information content (AvgIpc) is 3.05. The molecule has 0 N–H and O–H groups in total. The Balaban J connectivity index is 1.64. The Bertz CT molecular complexity index is 751. The summed E-state index contributed by atoms with van der Waals surface area (Å²) in [5.41, 5.74) is 2.50. The van der Waals surface area contributed by atoms with Crippen LogP contribution in [0.25, 0.3) is 11.3 Å². The highest BCUT2D eigenvalue weighted by Gasteiger charge is 2.42. The van der Waals surface area contributed by atoms with Crippen molar-refractivity contribution in [1.82, 2.24) is 4.98 Å². The Hall–Kier alpha value is -2.19. The molecular formula is C17H15N3OS. The first-order valence-electron chi connectivity index (χ1n) is 7.55. The quantitative estimate of drug-likeness (QED) is 0.852. The standard InChI is InChI=1S/C17H15N3OS/c18-9-11-1-3-12(4-2-11)15-10-22-17(19-15)20-14-7-5-13(6-8-14)16(20)21/h1-4,10,13-14H,5-8H2. The van der Waals surface area contributed by atoms with E-state index in [0.29, 0.717) is 11.6 Å². The maximum atomic E-state index is 12.5. The van der Waals surface area contributed by atoms with Crippen molar-refractivity contribution in [1.29, 1.82) is 5.26 Å². The van der Waals surface area contributed by atoms with E-state index in [0.717, 1.165) is 42.1 Å². The predicted molar refractivity (Wildman–Crippen MR) is 85.5 cm³/mol. The molecule has 0 radical (unpaired) electrons. The third kappa shape index (κ3) is 2.11. The van der Waals surface area contributed by atoms with Gasteiger partial charge in [0.25, 0.3) is 0 Å². The SMILES string of the molecule is N#Cc1ccc(-c2csc(N3C(=O)C4CCC3CC4)n2)cc1. The van der Waals surface area contributed by atoms with Gasteiger partial charge in [-0.2, -0.15) is 5.26 Å². The van der Waals surface area contributed by atoms with Gasteiger partial charge in [0.2, 0.25) is 5.91 Å². The second kappa shape index (κ2) is 5.22. The summed E-state index contributed by atoms with van der Waals surface area (Å²) in [5.74, 6) is 0.454. The van der Waals surface area contributed by atoms with Crippen LogP contribution in [-0.2, 0) is 4.79 Å². The number of carbonyl (C=O) groups is 1. The van der Waals surface area contributed by atoms with Crippen molar-refractivity contribution in [3.8, 4) is 17.3 Å². The van der Waals surface area contributed by atoms with Crippen molar-refractivity contribution < 1.29 is 4.79 Å². The minimum atomic E-state index is 0.201. The molecule has 5 heteroatoms. The Kier molecular flexibility index (Phi) is 3.20. The summed E-state index contributed by atoms with van der Waals surface area (Å²) in [6.45, 7) is 0. The topological polar surface area (TPSA) is 57.0 Å². The molecule has 3 fully saturated rings. The van der Waals surface area contributed by atoms with Gasteiger partial charge < -0.3 is 0 Å². The van der Waals surface area contributed by atoms with Gasteiger partial charge in [0.05, 0.1) is 17.3 Å². The Morgan fingerprint density at radius 1 is 1.18 bits per heavy atom. The van der Waals surface area contributed by atoms with Crippen molar-refractivity contribution in [2.24, 2.45) is 5.92 Å². The van der Waals surface area contributed by atoms with Gasteiger partial charge in [-0.3, -0.25) is 9.69 Å². The average molecular weight is 309 g/mol. The summed E-state index contributed by atoms with van der Waals surface area (Å²) >= 11 is 1.53. The molecular weight excluding hydrogens is 294 g/mol. The largest absolute Gasteiger partial charge is 0.285 e. The van der Waals surface area contributed by atoms with Crippen LogP contribution in [0.15, 0.2) is 29.6 Å². The fourth-order valence-electron chi connectivity index (χ4n) is 3.43. The van der Waals surface area contributed by atoms with Crippen LogP contribution in [0.5, 0.6) is 0 Å². The van der Waals surface area contributed by atoms with E-state index < -0.39 is 0 Å². The van der Waals surface area contributed by atoms with Crippen LogP contribution in [0.2, 0.25) is 0 Å². The number of aromatic nitrogens is 1. The van der Waals surface area contributed by atoms with Crippen LogP contribution in [-0.4, -0.2) is 16.9 Å². The first kappa shape index (κ1) is 13.5. The first-order valence-corrected chi connectivity index (χ1v) is 8.43. The number of fused-ring (bicyclic) bond motifs is 3. The lowest BCUT2D eigenvalue weighted by Crippen LogP contribution is -2.52. The van der Waals surface area contributed by atoms with E-state index in [1.165, 1.54) is 11.3 Å². The molecule has 3 heterocycles. The fourth-order valence-corrected chi connectivity index (χ4v) is 4.34. The zero-order chi connectivity index (χ0) is 15.1.